The van der Waals surface area contributed by atoms with Crippen molar-refractivity contribution in [1.29, 1.82) is 10.5 Å². The number of halogens is 3. The van der Waals surface area contributed by atoms with Crippen molar-refractivity contribution in [1.82, 2.24) is 30.9 Å². The van der Waals surface area contributed by atoms with E-state index in [1.54, 1.807) is 137 Å². The third-order valence-corrected chi connectivity index (χ3v) is 21.1. The van der Waals surface area contributed by atoms with Gasteiger partial charge in [-0.25, -0.2) is 13.2 Å². The highest BCUT2D eigenvalue weighted by atomic mass is 32.2. The van der Waals surface area contributed by atoms with Crippen LogP contribution < -0.4 is 30.7 Å². The lowest BCUT2D eigenvalue weighted by molar-refractivity contribution is 0.0994. The number of nitriles is 2. The van der Waals surface area contributed by atoms with Gasteiger partial charge in [-0.15, -0.1) is 11.8 Å². The Morgan fingerprint density at radius 2 is 0.630 bits per heavy atom. The predicted molar refractivity (Wildman–Crippen MR) is 504 cm³/mol. The summed E-state index contributed by atoms with van der Waals surface area (Å²) >= 11 is 1.58. The van der Waals surface area contributed by atoms with Crippen LogP contribution in [0.4, 0.5) is 53.0 Å². The van der Waals surface area contributed by atoms with Crippen molar-refractivity contribution in [2.24, 2.45) is 0 Å². The van der Waals surface area contributed by atoms with Gasteiger partial charge in [-0.3, -0.25) is 28.8 Å². The van der Waals surface area contributed by atoms with Gasteiger partial charge < -0.3 is 57.9 Å². The lowest BCUT2D eigenvalue weighted by atomic mass is 10.0. The average Bonchev–Trinajstić information content (AvgIpc) is 1.71. The third-order valence-electron chi connectivity index (χ3n) is 19.9. The number of hydrogen-bond donors (Lipinski definition) is 4. The van der Waals surface area contributed by atoms with Crippen LogP contribution in [0, 0.1) is 93.5 Å². The van der Waals surface area contributed by atoms with Crippen LogP contribution in [0.3, 0.4) is 0 Å². The van der Waals surface area contributed by atoms with E-state index >= 15 is 0 Å². The second-order valence-electron chi connectivity index (χ2n) is 30.3. The van der Waals surface area contributed by atoms with Crippen molar-refractivity contribution in [3.8, 4) is 47.0 Å². The van der Waals surface area contributed by atoms with Gasteiger partial charge in [0.05, 0.1) is 28.2 Å². The Hall–Kier alpha value is -17.0. The molecule has 0 bridgehead atoms. The first-order valence-electron chi connectivity index (χ1n) is 42.0. The highest BCUT2D eigenvalue weighted by Crippen LogP contribution is 2.34. The van der Waals surface area contributed by atoms with Gasteiger partial charge in [0, 0.05) is 87.6 Å². The topological polar surface area (TPSA) is 373 Å². The second kappa shape index (κ2) is 48.0. The molecule has 4 N–H and O–H groups in total. The summed E-state index contributed by atoms with van der Waals surface area (Å²) in [5.41, 5.74) is 15.7. The van der Waals surface area contributed by atoms with Crippen molar-refractivity contribution in [3.63, 3.8) is 0 Å². The largest absolute Gasteiger partial charge is 0.457 e. The van der Waals surface area contributed by atoms with Crippen molar-refractivity contribution < 1.29 is 78.6 Å². The first kappa shape index (κ1) is 98.6. The number of thioether (sulfide) groups is 1. The van der Waals surface area contributed by atoms with Crippen molar-refractivity contribution in [2.45, 2.75) is 120 Å². The molecule has 6 heterocycles. The Kier molecular flexibility index (Phi) is 35.1. The molecule has 0 amide bonds. The summed E-state index contributed by atoms with van der Waals surface area (Å²) in [5, 5.41) is 52.8. The van der Waals surface area contributed by atoms with Gasteiger partial charge in [0.15, 0.2) is 91.9 Å². The standard InChI is InChI=1S/C21H18N2O3.C20H15FN2O2.C19H17FN2O2.C19H15N3O3.C13H13FN2O2.C13H13NO2S/c1-14(24)21-20(15(2)26-23-21)12-7-16-3-8-18(9-4-16)25-19-10-5-17(13-22)6-11-19;1-13(24)19-20(14(2)25-23-19)22-18-11-7-16(8-12-18)4-3-15-5-9-17(21)10-6-15;1-12(23)18-19(13(2)24-22-18)21-17-9-5-15(6-10-17)11-14-3-7-16(20)8-4-14;1-12(23)18-19(13(2)25-22-18)21-15-5-9-17(10-6-15)24-16-7-3-14(11-20)4-8-16;1-8(17)12-13(9(2)18-16-12)15-7-10-3-5-11(14)6-4-10;1-9(15)12-13(10(2)16-14-12)17-8-11-6-4-3-5-7-11/h3-6,8-11H,7,12H2,1-2H3;5-12,22H,1-2H3;3-10,21H,11H2,1-2H3;3-10,21H,1-2H3;3-6,15H,7H2,1-2H3;3-7H,8H2,1-2H3. The molecule has 0 aliphatic rings. The highest BCUT2D eigenvalue weighted by Gasteiger charge is 2.23. The van der Waals surface area contributed by atoms with Gasteiger partial charge in [0.25, 0.3) is 0 Å². The number of carbonyl (C=O) groups excluding carboxylic acids is 6. The van der Waals surface area contributed by atoms with Crippen molar-refractivity contribution in [3.05, 3.63) is 391 Å². The Morgan fingerprint density at radius 3 is 1.04 bits per heavy atom. The Labute approximate surface area is 780 Å². The maximum Gasteiger partial charge on any atom is 0.183 e. The molecule has 26 nitrogen and oxygen atoms in total. The van der Waals surface area contributed by atoms with Crippen LogP contribution >= 0.6 is 11.8 Å². The molecule has 682 valence electrons. The fourth-order valence-electron chi connectivity index (χ4n) is 12.7. The summed E-state index contributed by atoms with van der Waals surface area (Å²) < 4.78 is 80.4. The molecule has 16 aromatic rings. The lowest BCUT2D eigenvalue weighted by Crippen LogP contribution is -2.04. The number of anilines is 7. The van der Waals surface area contributed by atoms with Crippen LogP contribution in [0.2, 0.25) is 0 Å². The molecule has 0 fully saturated rings. The molecule has 0 saturated heterocycles. The molecular formula is C105H91F3N12O14S. The molecular weight excluding hydrogens is 1740 g/mol. The second-order valence-corrected chi connectivity index (χ2v) is 31.3. The van der Waals surface area contributed by atoms with Crippen LogP contribution in [-0.4, -0.2) is 65.6 Å². The zero-order valence-corrected chi connectivity index (χ0v) is 76.4. The molecule has 10 aromatic carbocycles. The highest BCUT2D eigenvalue weighted by molar-refractivity contribution is 7.98. The summed E-state index contributed by atoms with van der Waals surface area (Å²) in [5.74, 6) is 11.6. The van der Waals surface area contributed by atoms with E-state index < -0.39 is 0 Å². The number of Topliss-reactive ketones (excluding diaryl/α,β-unsaturated/α-hetero) is 6. The molecule has 0 saturated carbocycles. The normalized spacial score (nSPS) is 10.3. The van der Waals surface area contributed by atoms with Gasteiger partial charge in [-0.2, -0.15) is 10.5 Å². The molecule has 0 aliphatic heterocycles. The van der Waals surface area contributed by atoms with E-state index in [1.807, 2.05) is 117 Å². The molecule has 30 heteroatoms. The minimum Gasteiger partial charge on any atom is -0.457 e. The summed E-state index contributed by atoms with van der Waals surface area (Å²) in [6.07, 6.45) is 2.20. The van der Waals surface area contributed by atoms with E-state index in [9.17, 15) is 41.9 Å². The lowest BCUT2D eigenvalue weighted by Gasteiger charge is -2.08. The first-order chi connectivity index (χ1) is 64.9. The number of carbonyl (C=O) groups is 6. The zero-order chi connectivity index (χ0) is 96.6. The number of rotatable bonds is 27. The molecule has 16 rings (SSSR count). The van der Waals surface area contributed by atoms with E-state index in [1.165, 1.54) is 83.5 Å². The number of ether oxygens (including phenoxy) is 2. The van der Waals surface area contributed by atoms with E-state index in [0.717, 1.165) is 85.2 Å². The van der Waals surface area contributed by atoms with E-state index in [4.69, 9.17) is 47.1 Å². The molecule has 0 aliphatic carbocycles. The van der Waals surface area contributed by atoms with Crippen LogP contribution in [-0.2, 0) is 31.6 Å². The average molecular weight is 1830 g/mol. The number of ketones is 6. The van der Waals surface area contributed by atoms with Crippen LogP contribution in [0.15, 0.2) is 281 Å². The van der Waals surface area contributed by atoms with Gasteiger partial charge in [-0.05, 0) is 258 Å². The van der Waals surface area contributed by atoms with Crippen molar-refractivity contribution in [2.75, 3.05) is 21.3 Å². The maximum absolute atomic E-state index is 12.9. The number of benzene rings is 10. The quantitative estimate of drug-likeness (QED) is 0.0211. The van der Waals surface area contributed by atoms with Gasteiger partial charge in [0.2, 0.25) is 0 Å². The summed E-state index contributed by atoms with van der Waals surface area (Å²) in [7, 11) is 0. The van der Waals surface area contributed by atoms with Crippen LogP contribution in [0.1, 0.15) is 195 Å². The van der Waals surface area contributed by atoms with Crippen LogP contribution in [0.25, 0.3) is 0 Å². The van der Waals surface area contributed by atoms with Gasteiger partial charge >= 0.3 is 0 Å². The molecule has 0 atom stereocenters. The van der Waals surface area contributed by atoms with Gasteiger partial charge in [0.1, 0.15) is 74.7 Å². The molecule has 6 aromatic heterocycles. The van der Waals surface area contributed by atoms with Crippen LogP contribution in [0.5, 0.6) is 23.0 Å². The minimum absolute atomic E-state index is 0.0580. The van der Waals surface area contributed by atoms with E-state index in [0.29, 0.717) is 116 Å². The monoisotopic (exact) mass is 1830 g/mol. The summed E-state index contributed by atoms with van der Waals surface area (Å²) in [4.78, 5) is 69.8. The van der Waals surface area contributed by atoms with E-state index in [-0.39, 0.29) is 69.2 Å². The third kappa shape index (κ3) is 29.0. The summed E-state index contributed by atoms with van der Waals surface area (Å²) in [6.45, 7) is 19.9. The van der Waals surface area contributed by atoms with Crippen molar-refractivity contribution >= 4 is 86.3 Å². The molecule has 0 spiro atoms. The fourth-order valence-corrected chi connectivity index (χ4v) is 13.8. The fraction of sp³-hybridized carbons (Fsp3) is 0.162. The Bertz CT molecular complexity index is 6910. The SMILES string of the molecule is CC(=O)c1noc(C)c1CCc1ccc(Oc2ccc(C#N)cc2)cc1.CC(=O)c1noc(C)c1NCc1ccc(F)cc1.CC(=O)c1noc(C)c1Nc1ccc(C#Cc2ccc(F)cc2)cc1.CC(=O)c1noc(C)c1Nc1ccc(Cc2ccc(F)cc2)cc1.CC(=O)c1noc(C)c1Nc1ccc(Oc2ccc(C#N)cc2)cc1.CC(=O)c1noc(C)c1SCc1ccccc1. The minimum atomic E-state index is -0.282. The van der Waals surface area contributed by atoms with Gasteiger partial charge in [-0.1, -0.05) is 122 Å². The Balaban J connectivity index is 0.000000157. The molecule has 0 radical (unpaired) electrons. The number of nitrogens with zero attached hydrogens (tertiary/aromatic N) is 8. The maximum atomic E-state index is 12.9. The number of hydrogen-bond acceptors (Lipinski definition) is 27. The number of aryl methyl sites for hydroxylation is 7. The van der Waals surface area contributed by atoms with E-state index in [2.05, 4.69) is 88.3 Å². The zero-order valence-electron chi connectivity index (χ0n) is 75.5. The Morgan fingerprint density at radius 1 is 0.326 bits per heavy atom. The summed E-state index contributed by atoms with van der Waals surface area (Å²) in [6, 6.07) is 77.1. The predicted octanol–water partition coefficient (Wildman–Crippen LogP) is 24.8. The first-order valence-corrected chi connectivity index (χ1v) is 43.0. The smallest absolute Gasteiger partial charge is 0.183 e. The number of nitrogens with one attached hydrogen (secondary N) is 4. The molecule has 135 heavy (non-hydrogen) atoms. The number of aromatic nitrogens is 6. The molecule has 0 unspecified atom stereocenters.